The highest BCUT2D eigenvalue weighted by molar-refractivity contribution is 7.89. The maximum Gasteiger partial charge on any atom is 0.337 e. The van der Waals surface area contributed by atoms with E-state index in [1.54, 1.807) is 0 Å². The average molecular weight is 320 g/mol. The van der Waals surface area contributed by atoms with Crippen LogP contribution in [0.2, 0.25) is 5.02 Å². The monoisotopic (exact) mass is 319 g/mol. The van der Waals surface area contributed by atoms with Crippen molar-refractivity contribution in [3.63, 3.8) is 0 Å². The molecule has 0 radical (unpaired) electrons. The van der Waals surface area contributed by atoms with E-state index in [0.717, 1.165) is 6.07 Å². The molecule has 2 rings (SSSR count). The molecule has 1 fully saturated rings. The minimum absolute atomic E-state index is 0.00388. The van der Waals surface area contributed by atoms with Crippen LogP contribution in [0.3, 0.4) is 0 Å². The van der Waals surface area contributed by atoms with Crippen molar-refractivity contribution in [3.05, 3.63) is 28.8 Å². The number of halogens is 1. The smallest absolute Gasteiger partial charge is 0.337 e. The topological polar surface area (TPSA) is 92.7 Å². The van der Waals surface area contributed by atoms with Crippen molar-refractivity contribution in [3.8, 4) is 0 Å². The van der Waals surface area contributed by atoms with Gasteiger partial charge in [0.25, 0.3) is 0 Å². The van der Waals surface area contributed by atoms with Crippen molar-refractivity contribution >= 4 is 27.6 Å². The van der Waals surface area contributed by atoms with Crippen LogP contribution in [0.1, 0.15) is 17.3 Å². The molecule has 1 saturated heterocycles. The summed E-state index contributed by atoms with van der Waals surface area (Å²) in [7, 11) is -3.77. The van der Waals surface area contributed by atoms with Crippen molar-refractivity contribution in [1.82, 2.24) is 4.72 Å². The van der Waals surface area contributed by atoms with Gasteiger partial charge in [0.15, 0.2) is 0 Å². The molecule has 0 unspecified atom stereocenters. The molecule has 0 bridgehead atoms. The fourth-order valence-corrected chi connectivity index (χ4v) is 3.16. The van der Waals surface area contributed by atoms with E-state index < -0.39 is 16.0 Å². The van der Waals surface area contributed by atoms with Crippen molar-refractivity contribution in [2.75, 3.05) is 19.8 Å². The predicted octanol–water partition coefficient (Wildman–Crippen LogP) is 1.35. The van der Waals surface area contributed by atoms with Crippen LogP contribution in [-0.4, -0.2) is 39.3 Å². The number of carbonyl (C=O) groups is 1. The van der Waals surface area contributed by atoms with Gasteiger partial charge in [0.1, 0.15) is 0 Å². The second-order valence-electron chi connectivity index (χ2n) is 5.07. The lowest BCUT2D eigenvalue weighted by Gasteiger charge is -2.37. The third-order valence-corrected chi connectivity index (χ3v) is 4.80. The summed E-state index contributed by atoms with van der Waals surface area (Å²) < 4.78 is 31.7. The summed E-state index contributed by atoms with van der Waals surface area (Å²) in [6.45, 7) is 3.14. The summed E-state index contributed by atoms with van der Waals surface area (Å²) in [6, 6.07) is 3.58. The van der Waals surface area contributed by atoms with Gasteiger partial charge in [0.2, 0.25) is 10.0 Å². The van der Waals surface area contributed by atoms with Crippen LogP contribution in [0, 0.1) is 5.41 Å². The zero-order valence-electron chi connectivity index (χ0n) is 10.7. The molecule has 20 heavy (non-hydrogen) atoms. The lowest BCUT2D eigenvalue weighted by atomic mass is 9.89. The molecule has 1 aliphatic rings. The van der Waals surface area contributed by atoms with Crippen LogP contribution in [0.15, 0.2) is 23.1 Å². The van der Waals surface area contributed by atoms with E-state index in [1.807, 2.05) is 6.92 Å². The minimum Gasteiger partial charge on any atom is -0.478 e. The van der Waals surface area contributed by atoms with Crippen molar-refractivity contribution in [1.29, 1.82) is 0 Å². The van der Waals surface area contributed by atoms with E-state index in [2.05, 4.69) is 4.72 Å². The Morgan fingerprint density at radius 2 is 2.15 bits per heavy atom. The van der Waals surface area contributed by atoms with Crippen LogP contribution in [0.4, 0.5) is 0 Å². The number of benzene rings is 1. The molecule has 0 aliphatic carbocycles. The number of sulfonamides is 1. The molecule has 2 N–H and O–H groups in total. The standard InChI is InChI=1S/C12H14ClNO5S/c1-12(6-19-7-12)5-14-20(17,18)8-2-3-10(13)9(4-8)11(15)16/h2-4,14H,5-7H2,1H3,(H,15,16). The van der Waals surface area contributed by atoms with Crippen LogP contribution < -0.4 is 4.72 Å². The van der Waals surface area contributed by atoms with E-state index in [1.165, 1.54) is 12.1 Å². The Morgan fingerprint density at radius 1 is 1.50 bits per heavy atom. The largest absolute Gasteiger partial charge is 0.478 e. The molecule has 0 spiro atoms. The van der Waals surface area contributed by atoms with Gasteiger partial charge in [-0.2, -0.15) is 0 Å². The van der Waals surface area contributed by atoms with Crippen molar-refractivity contribution < 1.29 is 23.1 Å². The first kappa shape index (κ1) is 15.2. The Bertz CT molecular complexity index is 639. The minimum atomic E-state index is -3.77. The summed E-state index contributed by atoms with van der Waals surface area (Å²) in [4.78, 5) is 10.8. The van der Waals surface area contributed by atoms with Gasteiger partial charge in [-0.15, -0.1) is 0 Å². The summed E-state index contributed by atoms with van der Waals surface area (Å²) in [6.07, 6.45) is 0. The van der Waals surface area contributed by atoms with Gasteiger partial charge in [-0.1, -0.05) is 18.5 Å². The molecule has 1 aromatic rings. The second kappa shape index (κ2) is 5.33. The van der Waals surface area contributed by atoms with E-state index in [-0.39, 0.29) is 27.4 Å². The summed E-state index contributed by atoms with van der Waals surface area (Å²) in [5, 5.41) is 8.94. The Hall–Kier alpha value is -1.15. The Labute approximate surface area is 121 Å². The number of aromatic carboxylic acids is 1. The summed E-state index contributed by atoms with van der Waals surface area (Å²) in [5.74, 6) is -1.27. The predicted molar refractivity (Wildman–Crippen MR) is 72.5 cm³/mol. The molecular formula is C12H14ClNO5S. The van der Waals surface area contributed by atoms with E-state index in [9.17, 15) is 13.2 Å². The van der Waals surface area contributed by atoms with E-state index >= 15 is 0 Å². The fourth-order valence-electron chi connectivity index (χ4n) is 1.74. The quantitative estimate of drug-likeness (QED) is 0.854. The molecule has 1 heterocycles. The Balaban J connectivity index is 2.21. The Kier molecular flexibility index (Phi) is 4.06. The summed E-state index contributed by atoms with van der Waals surface area (Å²) in [5.41, 5.74) is -0.456. The van der Waals surface area contributed by atoms with Gasteiger partial charge in [-0.05, 0) is 18.2 Å². The van der Waals surface area contributed by atoms with Gasteiger partial charge < -0.3 is 9.84 Å². The van der Waals surface area contributed by atoms with Gasteiger partial charge >= 0.3 is 5.97 Å². The molecule has 0 aromatic heterocycles. The number of carboxylic acid groups (broad SMARTS) is 1. The first-order valence-electron chi connectivity index (χ1n) is 5.84. The normalized spacial score (nSPS) is 17.5. The maximum absolute atomic E-state index is 12.1. The van der Waals surface area contributed by atoms with Crippen LogP contribution in [0.25, 0.3) is 0 Å². The molecule has 6 nitrogen and oxygen atoms in total. The third-order valence-electron chi connectivity index (χ3n) is 3.07. The highest BCUT2D eigenvalue weighted by Crippen LogP contribution is 2.26. The molecule has 0 atom stereocenters. The van der Waals surface area contributed by atoms with Gasteiger partial charge in [0.05, 0.1) is 28.7 Å². The van der Waals surface area contributed by atoms with Crippen molar-refractivity contribution in [2.24, 2.45) is 5.41 Å². The summed E-state index contributed by atoms with van der Waals surface area (Å²) >= 11 is 5.71. The molecule has 8 heteroatoms. The number of hydrogen-bond acceptors (Lipinski definition) is 4. The lowest BCUT2D eigenvalue weighted by molar-refractivity contribution is -0.0965. The molecule has 0 saturated carbocycles. The van der Waals surface area contributed by atoms with Crippen LogP contribution in [0.5, 0.6) is 0 Å². The number of nitrogens with one attached hydrogen (secondary N) is 1. The average Bonchev–Trinajstić information content (AvgIpc) is 2.34. The van der Waals surface area contributed by atoms with Gasteiger partial charge in [0, 0.05) is 12.0 Å². The van der Waals surface area contributed by atoms with Crippen LogP contribution in [-0.2, 0) is 14.8 Å². The third kappa shape index (κ3) is 3.12. The zero-order chi connectivity index (χ0) is 15.0. The number of carboxylic acids is 1. The number of rotatable bonds is 5. The molecule has 1 aromatic carbocycles. The van der Waals surface area contributed by atoms with E-state index in [0.29, 0.717) is 13.2 Å². The lowest BCUT2D eigenvalue weighted by Crippen LogP contribution is -2.48. The first-order valence-corrected chi connectivity index (χ1v) is 7.70. The van der Waals surface area contributed by atoms with Crippen LogP contribution >= 0.6 is 11.6 Å². The van der Waals surface area contributed by atoms with Crippen molar-refractivity contribution in [2.45, 2.75) is 11.8 Å². The SMILES string of the molecule is CC1(CNS(=O)(=O)c2ccc(Cl)c(C(=O)O)c2)COC1. The highest BCUT2D eigenvalue weighted by Gasteiger charge is 2.34. The highest BCUT2D eigenvalue weighted by atomic mass is 35.5. The van der Waals surface area contributed by atoms with E-state index in [4.69, 9.17) is 21.4 Å². The van der Waals surface area contributed by atoms with Gasteiger partial charge in [-0.25, -0.2) is 17.9 Å². The van der Waals surface area contributed by atoms with Gasteiger partial charge in [-0.3, -0.25) is 0 Å². The Morgan fingerprint density at radius 3 is 2.65 bits per heavy atom. The number of hydrogen-bond donors (Lipinski definition) is 2. The molecule has 110 valence electrons. The zero-order valence-corrected chi connectivity index (χ0v) is 12.3. The molecule has 0 amide bonds. The maximum atomic E-state index is 12.1. The molecular weight excluding hydrogens is 306 g/mol. The fraction of sp³-hybridized carbons (Fsp3) is 0.417. The number of ether oxygens (including phenoxy) is 1. The first-order chi connectivity index (χ1) is 9.23. The molecule has 1 aliphatic heterocycles. The second-order valence-corrected chi connectivity index (χ2v) is 7.25.